The van der Waals surface area contributed by atoms with E-state index in [2.05, 4.69) is 0 Å². The number of aromatic hydroxyl groups is 1. The molecule has 0 aliphatic rings. The zero-order valence-electron chi connectivity index (χ0n) is 14.6. The van der Waals surface area contributed by atoms with E-state index in [1.165, 1.54) is 30.3 Å². The highest BCUT2D eigenvalue weighted by Crippen LogP contribution is 2.29. The Hall–Kier alpha value is -2.75. The summed E-state index contributed by atoms with van der Waals surface area (Å²) in [6.45, 7) is 3.48. The Morgan fingerprint density at radius 3 is 2.38 bits per heavy atom. The van der Waals surface area contributed by atoms with Gasteiger partial charge in [0.2, 0.25) is 0 Å². The molecular weight excluding hydrogens is 337 g/mol. The smallest absolute Gasteiger partial charge is 0.134 e. The lowest BCUT2D eigenvalue weighted by Crippen LogP contribution is -2.02. The molecule has 26 heavy (non-hydrogen) atoms. The van der Waals surface area contributed by atoms with Crippen LogP contribution in [0.1, 0.15) is 22.3 Å². The Morgan fingerprint density at radius 1 is 0.885 bits per heavy atom. The number of hydrogen-bond acceptors (Lipinski definition) is 1. The van der Waals surface area contributed by atoms with E-state index in [-0.39, 0.29) is 18.6 Å². The van der Waals surface area contributed by atoms with Crippen LogP contribution in [-0.4, -0.2) is 5.11 Å². The van der Waals surface area contributed by atoms with Gasteiger partial charge in [-0.15, -0.1) is 0 Å². The second-order valence-electron chi connectivity index (χ2n) is 6.47. The normalized spacial score (nSPS) is 11.0. The van der Waals surface area contributed by atoms with E-state index >= 15 is 0 Å². The first-order valence-electron chi connectivity index (χ1n) is 8.38. The van der Waals surface area contributed by atoms with Crippen molar-refractivity contribution in [2.75, 3.05) is 0 Å². The number of rotatable bonds is 4. The molecule has 0 saturated heterocycles. The standard InChI is InChI=1S/C22H19F3O/c1-13-10-16(6-7-18-14(2)21(26)9-8-20(18)24)22(25)19(11-13)15-4-3-5-17(23)12-15/h3-5,8-12,26H,6-7H2,1-2H3. The number of phenolic OH excluding ortho intramolecular Hbond substituents is 1. The highest BCUT2D eigenvalue weighted by molar-refractivity contribution is 5.66. The van der Waals surface area contributed by atoms with E-state index in [4.69, 9.17) is 0 Å². The van der Waals surface area contributed by atoms with Gasteiger partial charge >= 0.3 is 0 Å². The predicted octanol–water partition coefficient (Wildman–Crippen LogP) is 5.88. The van der Waals surface area contributed by atoms with Crippen LogP contribution in [0.25, 0.3) is 11.1 Å². The Balaban J connectivity index is 1.96. The Morgan fingerprint density at radius 2 is 1.65 bits per heavy atom. The predicted molar refractivity (Wildman–Crippen MR) is 96.7 cm³/mol. The quantitative estimate of drug-likeness (QED) is 0.619. The molecule has 1 nitrogen and oxygen atoms in total. The maximum atomic E-state index is 15.0. The number of phenols is 1. The minimum absolute atomic E-state index is 0.0200. The summed E-state index contributed by atoms with van der Waals surface area (Å²) in [5.41, 5.74) is 2.90. The van der Waals surface area contributed by atoms with Crippen molar-refractivity contribution in [3.05, 3.63) is 88.2 Å². The van der Waals surface area contributed by atoms with Crippen LogP contribution in [0.5, 0.6) is 5.75 Å². The van der Waals surface area contributed by atoms with Gasteiger partial charge in [0.15, 0.2) is 0 Å². The topological polar surface area (TPSA) is 20.2 Å². The van der Waals surface area contributed by atoms with Crippen molar-refractivity contribution in [2.24, 2.45) is 0 Å². The summed E-state index contributed by atoms with van der Waals surface area (Å²) in [6.07, 6.45) is 0.534. The highest BCUT2D eigenvalue weighted by atomic mass is 19.1. The molecule has 3 aromatic rings. The first kappa shape index (κ1) is 18.1. The zero-order valence-corrected chi connectivity index (χ0v) is 14.6. The van der Waals surface area contributed by atoms with Crippen LogP contribution < -0.4 is 0 Å². The van der Waals surface area contributed by atoms with Gasteiger partial charge in [0.25, 0.3) is 0 Å². The third-order valence-corrected chi connectivity index (χ3v) is 4.58. The van der Waals surface area contributed by atoms with E-state index < -0.39 is 17.5 Å². The minimum Gasteiger partial charge on any atom is -0.508 e. The first-order valence-corrected chi connectivity index (χ1v) is 8.38. The first-order chi connectivity index (χ1) is 12.4. The van der Waals surface area contributed by atoms with Crippen molar-refractivity contribution in [3.8, 4) is 16.9 Å². The summed E-state index contributed by atoms with van der Waals surface area (Å²) in [4.78, 5) is 0. The average Bonchev–Trinajstić information content (AvgIpc) is 2.60. The van der Waals surface area contributed by atoms with E-state index in [0.717, 1.165) is 5.56 Å². The molecule has 0 aromatic heterocycles. The molecule has 0 fully saturated rings. The summed E-state index contributed by atoms with van der Waals surface area (Å²) in [5, 5.41) is 9.76. The van der Waals surface area contributed by atoms with Crippen LogP contribution in [-0.2, 0) is 12.8 Å². The lowest BCUT2D eigenvalue weighted by molar-refractivity contribution is 0.466. The maximum Gasteiger partial charge on any atom is 0.134 e. The highest BCUT2D eigenvalue weighted by Gasteiger charge is 2.15. The SMILES string of the molecule is Cc1cc(CCc2c(F)ccc(O)c2C)c(F)c(-c2cccc(F)c2)c1. The molecule has 1 N–H and O–H groups in total. The molecule has 0 bridgehead atoms. The molecule has 0 aliphatic carbocycles. The molecule has 0 radical (unpaired) electrons. The van der Waals surface area contributed by atoms with Gasteiger partial charge in [0.1, 0.15) is 23.2 Å². The number of halogens is 3. The molecule has 4 heteroatoms. The van der Waals surface area contributed by atoms with Crippen molar-refractivity contribution >= 4 is 0 Å². The van der Waals surface area contributed by atoms with Gasteiger partial charge in [0, 0.05) is 5.56 Å². The van der Waals surface area contributed by atoms with Gasteiger partial charge in [-0.3, -0.25) is 0 Å². The molecule has 0 unspecified atom stereocenters. The van der Waals surface area contributed by atoms with Crippen LogP contribution in [0.3, 0.4) is 0 Å². The van der Waals surface area contributed by atoms with Crippen molar-refractivity contribution in [3.63, 3.8) is 0 Å². The molecule has 0 heterocycles. The van der Waals surface area contributed by atoms with Gasteiger partial charge < -0.3 is 5.11 Å². The fourth-order valence-corrected chi connectivity index (χ4v) is 3.17. The number of benzene rings is 3. The second-order valence-corrected chi connectivity index (χ2v) is 6.47. The van der Waals surface area contributed by atoms with Gasteiger partial charge in [-0.2, -0.15) is 0 Å². The van der Waals surface area contributed by atoms with Crippen molar-refractivity contribution in [2.45, 2.75) is 26.7 Å². The van der Waals surface area contributed by atoms with E-state index in [0.29, 0.717) is 27.8 Å². The molecule has 0 amide bonds. The summed E-state index contributed by atoms with van der Waals surface area (Å²) < 4.78 is 42.5. The van der Waals surface area contributed by atoms with E-state index in [1.54, 1.807) is 25.1 Å². The van der Waals surface area contributed by atoms with Gasteiger partial charge in [-0.1, -0.05) is 23.8 Å². The van der Waals surface area contributed by atoms with Gasteiger partial charge in [-0.05, 0) is 79.3 Å². The minimum atomic E-state index is -0.431. The van der Waals surface area contributed by atoms with Crippen molar-refractivity contribution in [1.82, 2.24) is 0 Å². The molecule has 0 atom stereocenters. The lowest BCUT2D eigenvalue weighted by Gasteiger charge is -2.13. The molecule has 0 aliphatic heterocycles. The summed E-state index contributed by atoms with van der Waals surface area (Å²) in [6, 6.07) is 11.7. The molecular formula is C22H19F3O. The Bertz CT molecular complexity index is 964. The summed E-state index contributed by atoms with van der Waals surface area (Å²) in [5.74, 6) is -1.26. The Kier molecular flexibility index (Phi) is 5.03. The fraction of sp³-hybridized carbons (Fsp3) is 0.182. The lowest BCUT2D eigenvalue weighted by atomic mass is 9.94. The van der Waals surface area contributed by atoms with Gasteiger partial charge in [-0.25, -0.2) is 13.2 Å². The van der Waals surface area contributed by atoms with Crippen LogP contribution in [0.15, 0.2) is 48.5 Å². The number of aryl methyl sites for hydroxylation is 2. The zero-order chi connectivity index (χ0) is 18.8. The van der Waals surface area contributed by atoms with Crippen LogP contribution in [0, 0.1) is 31.3 Å². The van der Waals surface area contributed by atoms with Crippen molar-refractivity contribution < 1.29 is 18.3 Å². The molecule has 3 aromatic carbocycles. The monoisotopic (exact) mass is 356 g/mol. The number of hydrogen-bond donors (Lipinski definition) is 1. The third-order valence-electron chi connectivity index (χ3n) is 4.58. The van der Waals surface area contributed by atoms with Crippen LogP contribution in [0.4, 0.5) is 13.2 Å². The van der Waals surface area contributed by atoms with Crippen LogP contribution in [0.2, 0.25) is 0 Å². The molecule has 134 valence electrons. The summed E-state index contributed by atoms with van der Waals surface area (Å²) in [7, 11) is 0. The second kappa shape index (κ2) is 7.24. The summed E-state index contributed by atoms with van der Waals surface area (Å²) >= 11 is 0. The average molecular weight is 356 g/mol. The van der Waals surface area contributed by atoms with E-state index in [1.807, 2.05) is 6.92 Å². The fourth-order valence-electron chi connectivity index (χ4n) is 3.17. The Labute approximate surface area is 150 Å². The molecule has 0 spiro atoms. The molecule has 3 rings (SSSR count). The van der Waals surface area contributed by atoms with Crippen LogP contribution >= 0.6 is 0 Å². The largest absolute Gasteiger partial charge is 0.508 e. The van der Waals surface area contributed by atoms with Gasteiger partial charge in [0.05, 0.1) is 0 Å². The molecule has 0 saturated carbocycles. The maximum absolute atomic E-state index is 15.0. The third kappa shape index (κ3) is 3.59. The van der Waals surface area contributed by atoms with E-state index in [9.17, 15) is 18.3 Å². The van der Waals surface area contributed by atoms with Crippen molar-refractivity contribution in [1.29, 1.82) is 0 Å².